The van der Waals surface area contributed by atoms with Gasteiger partial charge in [-0.25, -0.2) is 0 Å². The van der Waals surface area contributed by atoms with Crippen molar-refractivity contribution in [3.05, 3.63) is 34.9 Å². The Hall–Kier alpha value is -1.36. The highest BCUT2D eigenvalue weighted by Gasteiger charge is 2.32. The Labute approximate surface area is 78.0 Å². The fourth-order valence-electron chi connectivity index (χ4n) is 1.09. The molecule has 0 amide bonds. The topological polar surface area (TPSA) is 37.3 Å². The van der Waals surface area contributed by atoms with Gasteiger partial charge < -0.3 is 5.11 Å². The predicted molar refractivity (Wildman–Crippen MR) is 42.8 cm³/mol. The monoisotopic (exact) mass is 204 g/mol. The zero-order chi connectivity index (χ0) is 10.8. The summed E-state index contributed by atoms with van der Waals surface area (Å²) in [5.41, 5.74) is -1.09. The quantitative estimate of drug-likeness (QED) is 0.748. The summed E-state index contributed by atoms with van der Waals surface area (Å²) >= 11 is 0. The van der Waals surface area contributed by atoms with E-state index < -0.39 is 18.3 Å². The maximum atomic E-state index is 12.3. The van der Waals surface area contributed by atoms with Crippen LogP contribution in [-0.4, -0.2) is 11.4 Å². The Balaban J connectivity index is 3.25. The molecule has 1 aromatic rings. The van der Waals surface area contributed by atoms with Crippen molar-refractivity contribution in [1.82, 2.24) is 0 Å². The number of rotatable bonds is 2. The minimum atomic E-state index is -4.50. The van der Waals surface area contributed by atoms with Crippen molar-refractivity contribution in [2.24, 2.45) is 0 Å². The number of benzene rings is 1. The lowest BCUT2D eigenvalue weighted by atomic mass is 10.0. The zero-order valence-corrected chi connectivity index (χ0v) is 7.01. The molecule has 0 unspecified atom stereocenters. The number of carbonyl (C=O) groups excluding carboxylic acids is 1. The molecule has 76 valence electrons. The van der Waals surface area contributed by atoms with E-state index in [9.17, 15) is 18.0 Å². The molecule has 0 aromatic heterocycles. The summed E-state index contributed by atoms with van der Waals surface area (Å²) in [6.45, 7) is -0.740. The van der Waals surface area contributed by atoms with Crippen LogP contribution in [0.1, 0.15) is 21.5 Å². The average Bonchev–Trinajstić information content (AvgIpc) is 2.15. The predicted octanol–water partition coefficient (Wildman–Crippen LogP) is 2.01. The minimum absolute atomic E-state index is 0.113. The second-order valence-electron chi connectivity index (χ2n) is 2.69. The molecule has 0 saturated carbocycles. The van der Waals surface area contributed by atoms with Gasteiger partial charge in [-0.15, -0.1) is 0 Å². The smallest absolute Gasteiger partial charge is 0.392 e. The molecule has 0 aliphatic rings. The largest absolute Gasteiger partial charge is 0.416 e. The molecule has 2 nitrogen and oxygen atoms in total. The van der Waals surface area contributed by atoms with Crippen molar-refractivity contribution >= 4 is 6.29 Å². The van der Waals surface area contributed by atoms with E-state index in [-0.39, 0.29) is 11.1 Å². The SMILES string of the molecule is O=Cc1ccc(C(F)(F)F)c(CO)c1. The van der Waals surface area contributed by atoms with Crippen LogP contribution in [0, 0.1) is 0 Å². The van der Waals surface area contributed by atoms with Crippen molar-refractivity contribution in [2.45, 2.75) is 12.8 Å². The van der Waals surface area contributed by atoms with Crippen molar-refractivity contribution in [3.8, 4) is 0 Å². The van der Waals surface area contributed by atoms with Crippen LogP contribution in [0.3, 0.4) is 0 Å². The number of aldehydes is 1. The summed E-state index contributed by atoms with van der Waals surface area (Å²) in [6.07, 6.45) is -4.07. The number of alkyl halides is 3. The van der Waals surface area contributed by atoms with E-state index in [2.05, 4.69) is 0 Å². The van der Waals surface area contributed by atoms with Gasteiger partial charge in [-0.3, -0.25) is 4.79 Å². The minimum Gasteiger partial charge on any atom is -0.392 e. The molecule has 0 bridgehead atoms. The van der Waals surface area contributed by atoms with E-state index in [4.69, 9.17) is 5.11 Å². The molecule has 1 rings (SSSR count). The summed E-state index contributed by atoms with van der Waals surface area (Å²) in [7, 11) is 0. The lowest BCUT2D eigenvalue weighted by Gasteiger charge is -2.11. The molecular formula is C9H7F3O2. The highest BCUT2D eigenvalue weighted by Crippen LogP contribution is 2.32. The Bertz CT molecular complexity index is 344. The number of carbonyl (C=O) groups is 1. The summed E-state index contributed by atoms with van der Waals surface area (Å²) in [5.74, 6) is 0. The van der Waals surface area contributed by atoms with Gasteiger partial charge in [0.25, 0.3) is 0 Å². The van der Waals surface area contributed by atoms with Gasteiger partial charge in [0, 0.05) is 5.56 Å². The van der Waals surface area contributed by atoms with Crippen LogP contribution < -0.4 is 0 Å². The van der Waals surface area contributed by atoms with Gasteiger partial charge in [0.15, 0.2) is 0 Å². The van der Waals surface area contributed by atoms with Crippen LogP contribution in [0.25, 0.3) is 0 Å². The standard InChI is InChI=1S/C9H7F3O2/c10-9(11,12)8-2-1-6(4-13)3-7(8)5-14/h1-4,14H,5H2. The second-order valence-corrected chi connectivity index (χ2v) is 2.69. The van der Waals surface area contributed by atoms with Crippen molar-refractivity contribution in [3.63, 3.8) is 0 Å². The van der Waals surface area contributed by atoms with E-state index in [0.29, 0.717) is 6.29 Å². The number of hydrogen-bond donors (Lipinski definition) is 1. The van der Waals surface area contributed by atoms with Crippen LogP contribution in [0.4, 0.5) is 13.2 Å². The molecule has 0 spiro atoms. The molecule has 0 aliphatic heterocycles. The first kappa shape index (κ1) is 10.7. The third-order valence-corrected chi connectivity index (χ3v) is 1.74. The molecule has 0 atom stereocenters. The van der Waals surface area contributed by atoms with E-state index >= 15 is 0 Å². The van der Waals surface area contributed by atoms with Gasteiger partial charge in [0.2, 0.25) is 0 Å². The highest BCUT2D eigenvalue weighted by atomic mass is 19.4. The third-order valence-electron chi connectivity index (χ3n) is 1.74. The Kier molecular flexibility index (Phi) is 2.90. The molecule has 5 heteroatoms. The summed E-state index contributed by atoms with van der Waals surface area (Å²) in [4.78, 5) is 10.3. The van der Waals surface area contributed by atoms with E-state index in [0.717, 1.165) is 18.2 Å². The Morgan fingerprint density at radius 2 is 2.00 bits per heavy atom. The fourth-order valence-corrected chi connectivity index (χ4v) is 1.09. The second kappa shape index (κ2) is 3.79. The molecule has 0 heterocycles. The maximum Gasteiger partial charge on any atom is 0.416 e. The Morgan fingerprint density at radius 3 is 2.43 bits per heavy atom. The number of aliphatic hydroxyl groups is 1. The van der Waals surface area contributed by atoms with Crippen molar-refractivity contribution in [2.75, 3.05) is 0 Å². The first-order chi connectivity index (χ1) is 6.49. The lowest BCUT2D eigenvalue weighted by Crippen LogP contribution is -2.09. The molecule has 14 heavy (non-hydrogen) atoms. The Morgan fingerprint density at radius 1 is 1.36 bits per heavy atom. The normalized spacial score (nSPS) is 11.4. The van der Waals surface area contributed by atoms with Crippen molar-refractivity contribution < 1.29 is 23.1 Å². The summed E-state index contributed by atoms with van der Waals surface area (Å²) in [5, 5.41) is 8.69. The van der Waals surface area contributed by atoms with Gasteiger partial charge in [0.05, 0.1) is 12.2 Å². The van der Waals surface area contributed by atoms with Crippen LogP contribution in [0.5, 0.6) is 0 Å². The first-order valence-electron chi connectivity index (χ1n) is 3.75. The highest BCUT2D eigenvalue weighted by molar-refractivity contribution is 5.75. The molecule has 0 saturated heterocycles. The van der Waals surface area contributed by atoms with Crippen LogP contribution >= 0.6 is 0 Å². The average molecular weight is 204 g/mol. The molecule has 1 aromatic carbocycles. The number of aliphatic hydroxyl groups excluding tert-OH is 1. The molecule has 1 N–H and O–H groups in total. The molecule has 0 aliphatic carbocycles. The fraction of sp³-hybridized carbons (Fsp3) is 0.222. The molecular weight excluding hydrogens is 197 g/mol. The van der Waals surface area contributed by atoms with Crippen LogP contribution in [0.15, 0.2) is 18.2 Å². The molecule has 0 radical (unpaired) electrons. The van der Waals surface area contributed by atoms with Gasteiger partial charge >= 0.3 is 6.18 Å². The number of hydrogen-bond acceptors (Lipinski definition) is 2. The maximum absolute atomic E-state index is 12.3. The lowest BCUT2D eigenvalue weighted by molar-refractivity contribution is -0.138. The zero-order valence-electron chi connectivity index (χ0n) is 7.01. The number of halogens is 3. The van der Waals surface area contributed by atoms with Gasteiger partial charge in [-0.1, -0.05) is 6.07 Å². The first-order valence-corrected chi connectivity index (χ1v) is 3.75. The van der Waals surface area contributed by atoms with E-state index in [1.807, 2.05) is 0 Å². The summed E-state index contributed by atoms with van der Waals surface area (Å²) < 4.78 is 36.8. The third kappa shape index (κ3) is 2.11. The van der Waals surface area contributed by atoms with E-state index in [1.54, 1.807) is 0 Å². The molecule has 0 fully saturated rings. The van der Waals surface area contributed by atoms with Crippen LogP contribution in [0.2, 0.25) is 0 Å². The van der Waals surface area contributed by atoms with Crippen LogP contribution in [-0.2, 0) is 12.8 Å². The van der Waals surface area contributed by atoms with Crippen molar-refractivity contribution in [1.29, 1.82) is 0 Å². The van der Waals surface area contributed by atoms with E-state index in [1.165, 1.54) is 0 Å². The van der Waals surface area contributed by atoms with Gasteiger partial charge in [-0.2, -0.15) is 13.2 Å². The summed E-state index contributed by atoms with van der Waals surface area (Å²) in [6, 6.07) is 2.88. The van der Waals surface area contributed by atoms with Gasteiger partial charge in [-0.05, 0) is 17.7 Å². The van der Waals surface area contributed by atoms with Gasteiger partial charge in [0.1, 0.15) is 6.29 Å².